The monoisotopic (exact) mass is 455 g/mol. The van der Waals surface area contributed by atoms with Crippen LogP contribution >= 0.6 is 0 Å². The highest BCUT2D eigenvalue weighted by molar-refractivity contribution is 6.13. The highest BCUT2D eigenvalue weighted by Crippen LogP contribution is 2.35. The SMILES string of the molecule is [2H]C([2H])([2H])c1cnc(-c2ccc3oc4cc5c(ccc6ccccc65)nc4c3c2)cc1C([2H])([2H])c1ccccc1. The van der Waals surface area contributed by atoms with Gasteiger partial charge in [-0.1, -0.05) is 60.7 Å². The predicted molar refractivity (Wildman–Crippen MR) is 144 cm³/mol. The van der Waals surface area contributed by atoms with Gasteiger partial charge in [0.1, 0.15) is 11.1 Å². The van der Waals surface area contributed by atoms with Crippen molar-refractivity contribution in [2.75, 3.05) is 0 Å². The summed E-state index contributed by atoms with van der Waals surface area (Å²) < 4.78 is 48.1. The van der Waals surface area contributed by atoms with E-state index in [0.29, 0.717) is 28.0 Å². The molecule has 166 valence electrons. The van der Waals surface area contributed by atoms with Gasteiger partial charge >= 0.3 is 0 Å². The van der Waals surface area contributed by atoms with E-state index in [-0.39, 0.29) is 11.1 Å². The van der Waals surface area contributed by atoms with E-state index in [2.05, 4.69) is 23.2 Å². The molecule has 0 bridgehead atoms. The van der Waals surface area contributed by atoms with E-state index >= 15 is 0 Å². The number of pyridine rings is 2. The quantitative estimate of drug-likeness (QED) is 0.252. The number of benzene rings is 4. The molecule has 0 amide bonds. The number of hydrogen-bond acceptors (Lipinski definition) is 3. The van der Waals surface area contributed by atoms with Gasteiger partial charge in [-0.05, 0) is 77.1 Å². The van der Waals surface area contributed by atoms with Crippen LogP contribution in [0.2, 0.25) is 0 Å². The summed E-state index contributed by atoms with van der Waals surface area (Å²) in [5.74, 6) is 0. The van der Waals surface area contributed by atoms with Gasteiger partial charge in [0.25, 0.3) is 0 Å². The fourth-order valence-corrected chi connectivity index (χ4v) is 4.65. The number of hydrogen-bond donors (Lipinski definition) is 0. The van der Waals surface area contributed by atoms with Gasteiger partial charge in [-0.2, -0.15) is 0 Å². The Kier molecular flexibility index (Phi) is 3.43. The minimum Gasteiger partial charge on any atom is -0.454 e. The summed E-state index contributed by atoms with van der Waals surface area (Å²) in [7, 11) is 0. The maximum atomic E-state index is 8.90. The Morgan fingerprint density at radius 1 is 0.800 bits per heavy atom. The van der Waals surface area contributed by atoms with Crippen LogP contribution in [0, 0.1) is 6.85 Å². The smallest absolute Gasteiger partial charge is 0.154 e. The number of fused-ring (bicyclic) bond motifs is 6. The average Bonchev–Trinajstić information content (AvgIpc) is 3.32. The number of rotatable bonds is 3. The van der Waals surface area contributed by atoms with Crippen LogP contribution in [0.4, 0.5) is 0 Å². The second-order valence-corrected chi connectivity index (χ2v) is 8.61. The van der Waals surface area contributed by atoms with Gasteiger partial charge in [0, 0.05) is 29.4 Å². The summed E-state index contributed by atoms with van der Waals surface area (Å²) in [5, 5.41) is 4.05. The third-order valence-electron chi connectivity index (χ3n) is 6.40. The largest absolute Gasteiger partial charge is 0.454 e. The first-order chi connectivity index (χ1) is 19.2. The highest BCUT2D eigenvalue weighted by atomic mass is 16.3. The Labute approximate surface area is 209 Å². The number of aromatic nitrogens is 2. The first kappa shape index (κ1) is 15.4. The first-order valence-electron chi connectivity index (χ1n) is 13.9. The molecule has 0 saturated heterocycles. The van der Waals surface area contributed by atoms with Gasteiger partial charge in [0.15, 0.2) is 5.58 Å². The van der Waals surface area contributed by atoms with Crippen molar-refractivity contribution in [1.29, 1.82) is 0 Å². The van der Waals surface area contributed by atoms with Crippen molar-refractivity contribution in [1.82, 2.24) is 9.97 Å². The highest BCUT2D eigenvalue weighted by Gasteiger charge is 2.14. The summed E-state index contributed by atoms with van der Waals surface area (Å²) >= 11 is 0. The topological polar surface area (TPSA) is 38.9 Å². The zero-order valence-corrected chi connectivity index (χ0v) is 18.6. The van der Waals surface area contributed by atoms with E-state index in [9.17, 15) is 0 Å². The molecule has 0 spiro atoms. The van der Waals surface area contributed by atoms with Crippen LogP contribution in [0.25, 0.3) is 55.0 Å². The third-order valence-corrected chi connectivity index (χ3v) is 6.40. The summed E-state index contributed by atoms with van der Waals surface area (Å²) in [5.41, 5.74) is 4.42. The van der Waals surface area contributed by atoms with E-state index in [0.717, 1.165) is 32.6 Å². The lowest BCUT2D eigenvalue weighted by Crippen LogP contribution is -1.95. The van der Waals surface area contributed by atoms with Crippen LogP contribution in [0.15, 0.2) is 108 Å². The van der Waals surface area contributed by atoms with Crippen molar-refractivity contribution in [3.63, 3.8) is 0 Å². The average molecular weight is 456 g/mol. The van der Waals surface area contributed by atoms with Crippen molar-refractivity contribution < 1.29 is 11.3 Å². The fourth-order valence-electron chi connectivity index (χ4n) is 4.65. The van der Waals surface area contributed by atoms with Crippen LogP contribution in [-0.2, 0) is 6.37 Å². The molecule has 0 N–H and O–H groups in total. The van der Waals surface area contributed by atoms with Crippen molar-refractivity contribution in [2.24, 2.45) is 0 Å². The van der Waals surface area contributed by atoms with Crippen molar-refractivity contribution in [2.45, 2.75) is 13.2 Å². The maximum absolute atomic E-state index is 8.90. The van der Waals surface area contributed by atoms with Gasteiger partial charge in [-0.15, -0.1) is 0 Å². The molecule has 0 radical (unpaired) electrons. The second kappa shape index (κ2) is 7.78. The molecule has 0 fully saturated rings. The molecule has 3 heteroatoms. The molecular formula is C32H22N2O. The molecule has 7 rings (SSSR count). The van der Waals surface area contributed by atoms with Crippen molar-refractivity contribution >= 4 is 43.7 Å². The summed E-state index contributed by atoms with van der Waals surface area (Å²) in [6, 6.07) is 30.0. The van der Waals surface area contributed by atoms with Crippen LogP contribution in [0.5, 0.6) is 0 Å². The maximum Gasteiger partial charge on any atom is 0.154 e. The molecule has 0 unspecified atom stereocenters. The number of nitrogens with zero attached hydrogens (tertiary/aromatic N) is 2. The fraction of sp³-hybridized carbons (Fsp3) is 0.0625. The van der Waals surface area contributed by atoms with Gasteiger partial charge < -0.3 is 4.42 Å². The van der Waals surface area contributed by atoms with Gasteiger partial charge in [0.2, 0.25) is 0 Å². The molecule has 0 saturated carbocycles. The van der Waals surface area contributed by atoms with Gasteiger partial charge in [-0.25, -0.2) is 4.98 Å². The Morgan fingerprint density at radius 2 is 1.69 bits per heavy atom. The van der Waals surface area contributed by atoms with E-state index in [1.54, 1.807) is 36.4 Å². The molecule has 0 aliphatic heterocycles. The van der Waals surface area contributed by atoms with Crippen LogP contribution in [-0.4, -0.2) is 9.97 Å². The molecule has 4 aromatic carbocycles. The summed E-state index contributed by atoms with van der Waals surface area (Å²) in [6.07, 6.45) is -0.772. The molecule has 3 aromatic heterocycles. The molecule has 3 nitrogen and oxygen atoms in total. The lowest BCUT2D eigenvalue weighted by molar-refractivity contribution is 0.669. The number of aryl methyl sites for hydroxylation is 1. The van der Waals surface area contributed by atoms with Crippen LogP contribution in [0.1, 0.15) is 23.5 Å². The Balaban J connectivity index is 1.41. The minimum atomic E-state index is -2.52. The normalized spacial score (nSPS) is 14.6. The molecular weight excluding hydrogens is 428 g/mol. The minimum absolute atomic E-state index is 0.0665. The molecule has 7 aromatic rings. The van der Waals surface area contributed by atoms with Gasteiger partial charge in [-0.3, -0.25) is 4.98 Å². The van der Waals surface area contributed by atoms with E-state index < -0.39 is 13.2 Å². The molecule has 3 heterocycles. The Bertz CT molecular complexity index is 2080. The predicted octanol–water partition coefficient (Wildman–Crippen LogP) is 8.25. The third kappa shape index (κ3) is 3.36. The molecule has 0 aliphatic carbocycles. The standard InChI is InChI=1S/C32H22N2O/c1-20-19-33-29(17-24(20)15-21-7-3-2-4-8-21)23-12-14-30-27(16-23)32-31(35-30)18-26-25-10-6-5-9-22(25)11-13-28(26)34-32/h2-14,16-19H,15H2,1H3/i1D3,15D2. The van der Waals surface area contributed by atoms with Crippen LogP contribution in [0.3, 0.4) is 0 Å². The zero-order valence-electron chi connectivity index (χ0n) is 23.6. The van der Waals surface area contributed by atoms with Gasteiger partial charge in [0.05, 0.1) is 11.2 Å². The van der Waals surface area contributed by atoms with Crippen molar-refractivity contribution in [3.8, 4) is 11.3 Å². The lowest BCUT2D eigenvalue weighted by Gasteiger charge is -2.09. The second-order valence-electron chi connectivity index (χ2n) is 8.61. The van der Waals surface area contributed by atoms with E-state index in [4.69, 9.17) is 16.3 Å². The Hall–Kier alpha value is -4.50. The zero-order chi connectivity index (χ0) is 27.6. The van der Waals surface area contributed by atoms with E-state index in [1.165, 1.54) is 6.20 Å². The summed E-state index contributed by atoms with van der Waals surface area (Å²) in [6.45, 7) is -2.52. The summed E-state index contributed by atoms with van der Waals surface area (Å²) in [4.78, 5) is 9.41. The molecule has 35 heavy (non-hydrogen) atoms. The first-order valence-corrected chi connectivity index (χ1v) is 11.4. The van der Waals surface area contributed by atoms with E-state index in [1.807, 2.05) is 42.5 Å². The molecule has 0 atom stereocenters. The Morgan fingerprint density at radius 3 is 2.60 bits per heavy atom. The molecule has 0 aliphatic rings. The lowest BCUT2D eigenvalue weighted by atomic mass is 9.99. The van der Waals surface area contributed by atoms with Crippen molar-refractivity contribution in [3.05, 3.63) is 120 Å². The van der Waals surface area contributed by atoms with Crippen LogP contribution < -0.4 is 0 Å². The number of furan rings is 1.